The summed E-state index contributed by atoms with van der Waals surface area (Å²) in [5, 5.41) is 0. The molecule has 0 spiro atoms. The summed E-state index contributed by atoms with van der Waals surface area (Å²) in [7, 11) is -3.21. The number of anilines is 1. The van der Waals surface area contributed by atoms with E-state index in [0.717, 1.165) is 25.9 Å². The zero-order valence-corrected chi connectivity index (χ0v) is 14.7. The quantitative estimate of drug-likeness (QED) is 0.839. The summed E-state index contributed by atoms with van der Waals surface area (Å²) in [5.41, 5.74) is 3.34. The van der Waals surface area contributed by atoms with Crippen molar-refractivity contribution in [1.82, 2.24) is 4.90 Å². The van der Waals surface area contributed by atoms with Gasteiger partial charge in [-0.2, -0.15) is 0 Å². The highest BCUT2D eigenvalue weighted by atomic mass is 32.2. The summed E-state index contributed by atoms with van der Waals surface area (Å²) in [6.45, 7) is 6.76. The first-order valence-electron chi connectivity index (χ1n) is 8.26. The van der Waals surface area contributed by atoms with Crippen molar-refractivity contribution in [3.8, 4) is 0 Å². The molecule has 1 aliphatic carbocycles. The zero-order chi connectivity index (χ0) is 16.2. The molecule has 0 fully saturated rings. The van der Waals surface area contributed by atoms with Crippen LogP contribution < -0.4 is 4.72 Å². The van der Waals surface area contributed by atoms with Crippen LogP contribution in [0.4, 0.5) is 5.69 Å². The van der Waals surface area contributed by atoms with Gasteiger partial charge in [-0.05, 0) is 68.5 Å². The van der Waals surface area contributed by atoms with Crippen LogP contribution in [0.3, 0.4) is 0 Å². The van der Waals surface area contributed by atoms with Crippen molar-refractivity contribution in [1.29, 1.82) is 0 Å². The number of nitrogens with zero attached hydrogens (tertiary/aromatic N) is 1. The highest BCUT2D eigenvalue weighted by molar-refractivity contribution is 7.92. The second-order valence-corrected chi connectivity index (χ2v) is 8.04. The van der Waals surface area contributed by atoms with E-state index in [-0.39, 0.29) is 0 Å². The molecule has 2 rings (SSSR count). The molecule has 0 saturated heterocycles. The van der Waals surface area contributed by atoms with Gasteiger partial charge in [0.2, 0.25) is 10.0 Å². The predicted octanol–water partition coefficient (Wildman–Crippen LogP) is 3.04. The molecule has 1 aromatic carbocycles. The Morgan fingerprint density at radius 2 is 1.86 bits per heavy atom. The lowest BCUT2D eigenvalue weighted by atomic mass is 9.87. The van der Waals surface area contributed by atoms with Gasteiger partial charge in [0.25, 0.3) is 0 Å². The molecule has 0 heterocycles. The van der Waals surface area contributed by atoms with Gasteiger partial charge >= 0.3 is 0 Å². The number of nitrogens with one attached hydrogen (secondary N) is 1. The van der Waals surface area contributed by atoms with Gasteiger partial charge in [0.15, 0.2) is 0 Å². The highest BCUT2D eigenvalue weighted by Crippen LogP contribution is 2.27. The summed E-state index contributed by atoms with van der Waals surface area (Å²) in [4.78, 5) is 2.60. The van der Waals surface area contributed by atoms with Crippen LogP contribution in [-0.4, -0.2) is 38.7 Å². The van der Waals surface area contributed by atoms with Gasteiger partial charge < -0.3 is 4.90 Å². The molecular formula is C17H28N2O2S. The number of aryl methyl sites for hydroxylation is 1. The van der Waals surface area contributed by atoms with Gasteiger partial charge in [-0.1, -0.05) is 19.9 Å². The maximum Gasteiger partial charge on any atom is 0.229 e. The molecule has 0 saturated carbocycles. The van der Waals surface area contributed by atoms with Crippen LogP contribution in [-0.2, 0) is 22.9 Å². The zero-order valence-electron chi connectivity index (χ0n) is 13.9. The highest BCUT2D eigenvalue weighted by Gasteiger charge is 2.23. The van der Waals surface area contributed by atoms with Crippen molar-refractivity contribution in [2.75, 3.05) is 24.1 Å². The van der Waals surface area contributed by atoms with E-state index >= 15 is 0 Å². The fraction of sp³-hybridized carbons (Fsp3) is 0.647. The molecule has 0 bridgehead atoms. The minimum absolute atomic E-state index is 0.584. The molecule has 1 aromatic rings. The Labute approximate surface area is 135 Å². The molecule has 22 heavy (non-hydrogen) atoms. The summed E-state index contributed by atoms with van der Waals surface area (Å²) in [6, 6.07) is 6.54. The molecule has 0 aromatic heterocycles. The maximum atomic E-state index is 11.4. The molecule has 5 heteroatoms. The van der Waals surface area contributed by atoms with Crippen LogP contribution in [0.25, 0.3) is 0 Å². The minimum atomic E-state index is -3.21. The fourth-order valence-electron chi connectivity index (χ4n) is 3.38. The molecule has 0 amide bonds. The van der Waals surface area contributed by atoms with Gasteiger partial charge in [0, 0.05) is 11.7 Å². The topological polar surface area (TPSA) is 49.4 Å². The maximum absolute atomic E-state index is 11.4. The average molecular weight is 324 g/mol. The first-order chi connectivity index (χ1) is 10.4. The number of fused-ring (bicyclic) bond motifs is 1. The third-order valence-corrected chi connectivity index (χ3v) is 4.86. The van der Waals surface area contributed by atoms with E-state index in [2.05, 4.69) is 29.5 Å². The van der Waals surface area contributed by atoms with E-state index < -0.39 is 10.0 Å². The average Bonchev–Trinajstić information content (AvgIpc) is 2.44. The Hall–Kier alpha value is -1.07. The number of hydrogen-bond donors (Lipinski definition) is 1. The van der Waals surface area contributed by atoms with E-state index in [4.69, 9.17) is 0 Å². The van der Waals surface area contributed by atoms with E-state index in [1.54, 1.807) is 0 Å². The first-order valence-corrected chi connectivity index (χ1v) is 10.2. The number of benzene rings is 1. The van der Waals surface area contributed by atoms with Crippen LogP contribution in [0.5, 0.6) is 0 Å². The van der Waals surface area contributed by atoms with Gasteiger partial charge in [-0.15, -0.1) is 0 Å². The smallest absolute Gasteiger partial charge is 0.229 e. The largest absolute Gasteiger partial charge is 0.300 e. The van der Waals surface area contributed by atoms with E-state index in [1.165, 1.54) is 36.6 Å². The Bertz CT molecular complexity index is 593. The van der Waals surface area contributed by atoms with Crippen molar-refractivity contribution in [3.63, 3.8) is 0 Å². The van der Waals surface area contributed by atoms with Gasteiger partial charge in [-0.25, -0.2) is 8.42 Å². The molecule has 1 atom stereocenters. The van der Waals surface area contributed by atoms with Crippen LogP contribution >= 0.6 is 0 Å². The van der Waals surface area contributed by atoms with Crippen LogP contribution in [0, 0.1) is 0 Å². The molecule has 0 aliphatic heterocycles. The lowest BCUT2D eigenvalue weighted by Crippen LogP contribution is -2.40. The first kappa shape index (κ1) is 17.3. The Morgan fingerprint density at radius 3 is 2.45 bits per heavy atom. The molecule has 1 aliphatic rings. The standard InChI is InChI=1S/C17H28N2O2S/c1-4-10-19(11-5-2)17-9-7-14-6-8-16(12-15(14)13-17)18-22(3,20)21/h6,8,12,17-18H,4-5,7,9-11,13H2,1-3H3. The number of sulfonamides is 1. The van der Waals surface area contributed by atoms with Crippen molar-refractivity contribution in [3.05, 3.63) is 29.3 Å². The second-order valence-electron chi connectivity index (χ2n) is 6.29. The Morgan fingerprint density at radius 1 is 1.18 bits per heavy atom. The summed E-state index contributed by atoms with van der Waals surface area (Å²) in [6.07, 6.45) is 6.86. The lowest BCUT2D eigenvalue weighted by Gasteiger charge is -2.35. The summed E-state index contributed by atoms with van der Waals surface area (Å²) in [5.74, 6) is 0. The number of hydrogen-bond acceptors (Lipinski definition) is 3. The van der Waals surface area contributed by atoms with E-state index in [0.29, 0.717) is 11.7 Å². The fourth-order valence-corrected chi connectivity index (χ4v) is 3.93. The van der Waals surface area contributed by atoms with Crippen molar-refractivity contribution in [2.45, 2.75) is 52.0 Å². The van der Waals surface area contributed by atoms with Crippen molar-refractivity contribution >= 4 is 15.7 Å². The van der Waals surface area contributed by atoms with Crippen LogP contribution in [0.1, 0.15) is 44.2 Å². The van der Waals surface area contributed by atoms with Crippen LogP contribution in [0.2, 0.25) is 0 Å². The molecule has 1 N–H and O–H groups in total. The van der Waals surface area contributed by atoms with Crippen molar-refractivity contribution in [2.24, 2.45) is 0 Å². The molecule has 124 valence electrons. The van der Waals surface area contributed by atoms with E-state index in [1.807, 2.05) is 12.1 Å². The van der Waals surface area contributed by atoms with Gasteiger partial charge in [0.1, 0.15) is 0 Å². The second kappa shape index (κ2) is 7.47. The van der Waals surface area contributed by atoms with Gasteiger partial charge in [0.05, 0.1) is 6.26 Å². The van der Waals surface area contributed by atoms with E-state index in [9.17, 15) is 8.42 Å². The third-order valence-electron chi connectivity index (χ3n) is 4.25. The lowest BCUT2D eigenvalue weighted by molar-refractivity contribution is 0.180. The Balaban J connectivity index is 2.15. The SMILES string of the molecule is CCCN(CCC)C1CCc2ccc(NS(C)(=O)=O)cc2C1. The van der Waals surface area contributed by atoms with Crippen molar-refractivity contribution < 1.29 is 8.42 Å². The third kappa shape index (κ3) is 4.71. The van der Waals surface area contributed by atoms with Gasteiger partial charge in [-0.3, -0.25) is 4.72 Å². The summed E-state index contributed by atoms with van der Waals surface area (Å²) >= 11 is 0. The molecular weight excluding hydrogens is 296 g/mol. The predicted molar refractivity (Wildman–Crippen MR) is 92.9 cm³/mol. The minimum Gasteiger partial charge on any atom is -0.300 e. The summed E-state index contributed by atoms with van der Waals surface area (Å²) < 4.78 is 25.4. The monoisotopic (exact) mass is 324 g/mol. The molecule has 0 radical (unpaired) electrons. The molecule has 1 unspecified atom stereocenters. The normalized spacial score (nSPS) is 18.3. The van der Waals surface area contributed by atoms with Crippen LogP contribution in [0.15, 0.2) is 18.2 Å². The molecule has 4 nitrogen and oxygen atoms in total. The Kier molecular flexibility index (Phi) is 5.87. The number of rotatable bonds is 7.